The molecule has 1 atom stereocenters. The number of hydrogen-bond donors (Lipinski definition) is 1. The molecule has 144 valence electrons. The highest BCUT2D eigenvalue weighted by Gasteiger charge is 2.25. The number of rotatable bonds is 3. The number of nitrogens with one attached hydrogen (secondary N) is 1. The van der Waals surface area contributed by atoms with Crippen molar-refractivity contribution in [2.45, 2.75) is 58.8 Å². The molecule has 4 nitrogen and oxygen atoms in total. The van der Waals surface area contributed by atoms with E-state index in [1.54, 1.807) is 0 Å². The van der Waals surface area contributed by atoms with Crippen LogP contribution in [0.5, 0.6) is 0 Å². The first-order chi connectivity index (χ1) is 13.6. The van der Waals surface area contributed by atoms with Crippen molar-refractivity contribution in [3.05, 3.63) is 41.9 Å². The Labute approximate surface area is 166 Å². The van der Waals surface area contributed by atoms with E-state index in [-0.39, 0.29) is 0 Å². The first-order valence-corrected chi connectivity index (χ1v) is 10.6. The Morgan fingerprint density at radius 3 is 2.75 bits per heavy atom. The highest BCUT2D eigenvalue weighted by atomic mass is 14.9. The summed E-state index contributed by atoms with van der Waals surface area (Å²) >= 11 is 0. The molecule has 3 aromatic heterocycles. The molecule has 1 aliphatic carbocycles. The van der Waals surface area contributed by atoms with Crippen LogP contribution >= 0.6 is 0 Å². The molecule has 5 rings (SSSR count). The fraction of sp³-hybridized carbons (Fsp3) is 0.458. The lowest BCUT2D eigenvalue weighted by Gasteiger charge is -2.25. The van der Waals surface area contributed by atoms with E-state index in [4.69, 9.17) is 9.98 Å². The van der Waals surface area contributed by atoms with Crippen molar-refractivity contribution >= 4 is 22.6 Å². The van der Waals surface area contributed by atoms with Gasteiger partial charge < -0.3 is 4.98 Å². The summed E-state index contributed by atoms with van der Waals surface area (Å²) in [6, 6.07) is 6.74. The van der Waals surface area contributed by atoms with Gasteiger partial charge in [-0.1, -0.05) is 26.7 Å². The Balaban J connectivity index is 1.52. The van der Waals surface area contributed by atoms with Gasteiger partial charge in [-0.25, -0.2) is 15.0 Å². The van der Waals surface area contributed by atoms with E-state index in [0.29, 0.717) is 17.8 Å². The zero-order valence-corrected chi connectivity index (χ0v) is 17.0. The Morgan fingerprint density at radius 1 is 1.14 bits per heavy atom. The van der Waals surface area contributed by atoms with Crippen LogP contribution < -0.4 is 0 Å². The Hall–Kier alpha value is -2.49. The number of hydrogen-bond acceptors (Lipinski definition) is 3. The number of nitrogens with zero attached hydrogens (tertiary/aromatic N) is 3. The Morgan fingerprint density at radius 2 is 1.96 bits per heavy atom. The highest BCUT2D eigenvalue weighted by molar-refractivity contribution is 5.94. The van der Waals surface area contributed by atoms with Crippen LogP contribution in [0.3, 0.4) is 0 Å². The SMILES string of the molecule is CC1=Nc2ncc(-c3c[nH]c4nc(C5CCCC5)ccc34)cc2C[C@@H]1C(C)C. The molecule has 1 fully saturated rings. The first kappa shape index (κ1) is 17.6. The smallest absolute Gasteiger partial charge is 0.154 e. The van der Waals surface area contributed by atoms with E-state index in [0.717, 1.165) is 23.4 Å². The number of aromatic nitrogens is 3. The molecule has 4 heterocycles. The van der Waals surface area contributed by atoms with E-state index in [2.05, 4.69) is 55.1 Å². The third kappa shape index (κ3) is 2.95. The minimum atomic E-state index is 0.503. The standard InChI is InChI=1S/C24H28N4/c1-14(2)20-11-17-10-18(12-25-23(17)27-15(20)3)21-13-26-24-19(21)8-9-22(28-24)16-6-4-5-7-16/h8-10,12-14,16,20H,4-7,11H2,1-3H3,(H,26,28)/t20-/m1/s1. The van der Waals surface area contributed by atoms with Gasteiger partial charge in [-0.3, -0.25) is 0 Å². The minimum absolute atomic E-state index is 0.503. The molecule has 4 heteroatoms. The second kappa shape index (κ2) is 6.84. The fourth-order valence-electron chi connectivity index (χ4n) is 4.96. The van der Waals surface area contributed by atoms with Crippen molar-refractivity contribution < 1.29 is 0 Å². The number of fused-ring (bicyclic) bond motifs is 2. The van der Waals surface area contributed by atoms with Crippen molar-refractivity contribution in [2.24, 2.45) is 16.8 Å². The molecule has 0 unspecified atom stereocenters. The van der Waals surface area contributed by atoms with Gasteiger partial charge in [0.1, 0.15) is 5.65 Å². The van der Waals surface area contributed by atoms with E-state index >= 15 is 0 Å². The maximum Gasteiger partial charge on any atom is 0.154 e. The summed E-state index contributed by atoms with van der Waals surface area (Å²) in [6.45, 7) is 6.69. The molecule has 28 heavy (non-hydrogen) atoms. The van der Waals surface area contributed by atoms with Gasteiger partial charge in [-0.15, -0.1) is 0 Å². The maximum atomic E-state index is 4.94. The molecule has 0 amide bonds. The lowest BCUT2D eigenvalue weighted by molar-refractivity contribution is 0.484. The summed E-state index contributed by atoms with van der Waals surface area (Å²) in [5.41, 5.74) is 7.03. The van der Waals surface area contributed by atoms with E-state index in [1.165, 1.54) is 53.6 Å². The zero-order chi connectivity index (χ0) is 19.3. The van der Waals surface area contributed by atoms with Crippen LogP contribution in [0.1, 0.15) is 63.6 Å². The van der Waals surface area contributed by atoms with Crippen LogP contribution in [-0.4, -0.2) is 20.7 Å². The predicted octanol–water partition coefficient (Wildman–Crippen LogP) is 6.20. The molecule has 0 bridgehead atoms. The quantitative estimate of drug-likeness (QED) is 0.595. The van der Waals surface area contributed by atoms with Crippen LogP contribution in [0.4, 0.5) is 5.82 Å². The van der Waals surface area contributed by atoms with Gasteiger partial charge in [-0.2, -0.15) is 0 Å². The third-order valence-corrected chi connectivity index (χ3v) is 6.65. The Kier molecular flexibility index (Phi) is 4.30. The molecular weight excluding hydrogens is 344 g/mol. The van der Waals surface area contributed by atoms with Gasteiger partial charge in [0.25, 0.3) is 0 Å². The molecule has 1 saturated carbocycles. The molecule has 2 aliphatic rings. The van der Waals surface area contributed by atoms with Gasteiger partial charge in [0, 0.05) is 52.1 Å². The molecule has 0 aromatic carbocycles. The monoisotopic (exact) mass is 372 g/mol. The van der Waals surface area contributed by atoms with Crippen LogP contribution in [0.2, 0.25) is 0 Å². The van der Waals surface area contributed by atoms with Crippen molar-refractivity contribution in [1.29, 1.82) is 0 Å². The fourth-order valence-corrected chi connectivity index (χ4v) is 4.96. The van der Waals surface area contributed by atoms with Crippen molar-refractivity contribution in [3.8, 4) is 11.1 Å². The highest BCUT2D eigenvalue weighted by Crippen LogP contribution is 2.37. The lowest BCUT2D eigenvalue weighted by atomic mass is 9.83. The molecular formula is C24H28N4. The van der Waals surface area contributed by atoms with Crippen molar-refractivity contribution in [3.63, 3.8) is 0 Å². The molecule has 0 radical (unpaired) electrons. The summed E-state index contributed by atoms with van der Waals surface area (Å²) in [5, 5.41) is 1.18. The van der Waals surface area contributed by atoms with E-state index < -0.39 is 0 Å². The average molecular weight is 373 g/mol. The van der Waals surface area contributed by atoms with Crippen LogP contribution in [0, 0.1) is 11.8 Å². The number of aliphatic imine (C=N–C) groups is 1. The van der Waals surface area contributed by atoms with Gasteiger partial charge in [0.05, 0.1) is 0 Å². The average Bonchev–Trinajstić information content (AvgIpc) is 3.36. The van der Waals surface area contributed by atoms with Gasteiger partial charge in [-0.05, 0) is 55.9 Å². The molecule has 3 aromatic rings. The topological polar surface area (TPSA) is 53.9 Å². The van der Waals surface area contributed by atoms with E-state index in [9.17, 15) is 0 Å². The van der Waals surface area contributed by atoms with Crippen LogP contribution in [0.15, 0.2) is 35.6 Å². The van der Waals surface area contributed by atoms with Gasteiger partial charge >= 0.3 is 0 Å². The summed E-state index contributed by atoms with van der Waals surface area (Å²) in [5.74, 6) is 2.62. The normalized spacial score (nSPS) is 20.0. The zero-order valence-electron chi connectivity index (χ0n) is 17.0. The number of aromatic amines is 1. The number of pyridine rings is 2. The van der Waals surface area contributed by atoms with Crippen LogP contribution in [0.25, 0.3) is 22.2 Å². The minimum Gasteiger partial charge on any atom is -0.346 e. The van der Waals surface area contributed by atoms with Crippen molar-refractivity contribution in [1.82, 2.24) is 15.0 Å². The summed E-state index contributed by atoms with van der Waals surface area (Å²) in [7, 11) is 0. The largest absolute Gasteiger partial charge is 0.346 e. The predicted molar refractivity (Wildman–Crippen MR) is 115 cm³/mol. The summed E-state index contributed by atoms with van der Waals surface area (Å²) in [4.78, 5) is 17.8. The van der Waals surface area contributed by atoms with Crippen LogP contribution in [-0.2, 0) is 6.42 Å². The first-order valence-electron chi connectivity index (χ1n) is 10.6. The third-order valence-electron chi connectivity index (χ3n) is 6.65. The molecule has 0 saturated heterocycles. The maximum absolute atomic E-state index is 4.94. The molecule has 1 N–H and O–H groups in total. The summed E-state index contributed by atoms with van der Waals surface area (Å²) < 4.78 is 0. The van der Waals surface area contributed by atoms with Gasteiger partial charge in [0.15, 0.2) is 5.82 Å². The second-order valence-electron chi connectivity index (χ2n) is 8.83. The molecule has 1 aliphatic heterocycles. The van der Waals surface area contributed by atoms with Crippen molar-refractivity contribution in [2.75, 3.05) is 0 Å². The number of H-pyrrole nitrogens is 1. The lowest BCUT2D eigenvalue weighted by Crippen LogP contribution is -2.23. The van der Waals surface area contributed by atoms with Gasteiger partial charge in [0.2, 0.25) is 0 Å². The Bertz CT molecular complexity index is 1050. The summed E-state index contributed by atoms with van der Waals surface area (Å²) in [6.07, 6.45) is 10.3. The molecule has 0 spiro atoms. The van der Waals surface area contributed by atoms with E-state index in [1.807, 2.05) is 6.20 Å². The second-order valence-corrected chi connectivity index (χ2v) is 8.83.